The summed E-state index contributed by atoms with van der Waals surface area (Å²) < 4.78 is 33.6. The van der Waals surface area contributed by atoms with E-state index in [-0.39, 0.29) is 16.7 Å². The van der Waals surface area contributed by atoms with Gasteiger partial charge in [-0.1, -0.05) is 0 Å². The van der Waals surface area contributed by atoms with Gasteiger partial charge in [0.1, 0.15) is 10.8 Å². The van der Waals surface area contributed by atoms with Crippen LogP contribution in [0.5, 0.6) is 5.75 Å². The number of anilines is 1. The first-order chi connectivity index (χ1) is 15.3. The maximum absolute atomic E-state index is 13.0. The van der Waals surface area contributed by atoms with Gasteiger partial charge in [0, 0.05) is 34.6 Å². The van der Waals surface area contributed by atoms with Crippen molar-refractivity contribution >= 4 is 33.1 Å². The molecule has 2 aromatic carbocycles. The summed E-state index contributed by atoms with van der Waals surface area (Å²) in [6.45, 7) is 8.79. The van der Waals surface area contributed by atoms with Crippen LogP contribution >= 0.6 is 11.3 Å². The Balaban J connectivity index is 1.89. The second-order valence-electron chi connectivity index (χ2n) is 8.72. The summed E-state index contributed by atoms with van der Waals surface area (Å²) in [4.78, 5) is 16.8. The first-order valence-corrected chi connectivity index (χ1v) is 12.6. The number of nitrogens with zero attached hydrogens (tertiary/aromatic N) is 1. The van der Waals surface area contributed by atoms with Crippen LogP contribution < -0.4 is 10.0 Å². The minimum atomic E-state index is -3.88. The number of rotatable bonds is 6. The van der Waals surface area contributed by atoms with Gasteiger partial charge in [-0.05, 0) is 71.0 Å². The van der Waals surface area contributed by atoms with Gasteiger partial charge in [0.2, 0.25) is 10.0 Å². The number of thiazole rings is 1. The molecular formula is C23H27N3O5S2. The second-order valence-corrected chi connectivity index (χ2v) is 11.4. The molecule has 3 rings (SSSR count). The van der Waals surface area contributed by atoms with E-state index in [1.807, 2.05) is 12.1 Å². The highest BCUT2D eigenvalue weighted by Gasteiger charge is 2.26. The largest absolute Gasteiger partial charge is 0.508 e. The van der Waals surface area contributed by atoms with E-state index < -0.39 is 21.7 Å². The molecule has 0 saturated carbocycles. The van der Waals surface area contributed by atoms with Crippen LogP contribution in [-0.2, 0) is 14.8 Å². The Labute approximate surface area is 197 Å². The van der Waals surface area contributed by atoms with Gasteiger partial charge in [-0.3, -0.25) is 5.32 Å². The van der Waals surface area contributed by atoms with Crippen LogP contribution in [-0.4, -0.2) is 36.2 Å². The monoisotopic (exact) mass is 489 g/mol. The van der Waals surface area contributed by atoms with Gasteiger partial charge >= 0.3 is 6.09 Å². The van der Waals surface area contributed by atoms with Crippen LogP contribution in [0.15, 0.2) is 53.6 Å². The van der Waals surface area contributed by atoms with Gasteiger partial charge in [-0.2, -0.15) is 0 Å². The molecule has 0 radical (unpaired) electrons. The Kier molecular flexibility index (Phi) is 7.11. The lowest BCUT2D eigenvalue weighted by molar-refractivity contribution is 0.130. The summed E-state index contributed by atoms with van der Waals surface area (Å²) in [7, 11) is -3.88. The van der Waals surface area contributed by atoms with Crippen molar-refractivity contribution in [2.24, 2.45) is 0 Å². The van der Waals surface area contributed by atoms with Crippen LogP contribution in [0.3, 0.4) is 0 Å². The third-order valence-corrected chi connectivity index (χ3v) is 7.06. The van der Waals surface area contributed by atoms with Crippen molar-refractivity contribution in [3.05, 3.63) is 48.7 Å². The molecule has 1 heterocycles. The smallest absolute Gasteiger partial charge is 0.411 e. The number of phenolic OH excluding ortho intramolecular Hbond substituents is 1. The Bertz CT molecular complexity index is 1240. The third kappa shape index (κ3) is 6.53. The molecule has 0 aliphatic rings. The third-order valence-electron chi connectivity index (χ3n) is 4.19. The van der Waals surface area contributed by atoms with E-state index in [0.717, 1.165) is 5.56 Å². The predicted molar refractivity (Wildman–Crippen MR) is 130 cm³/mol. The number of benzene rings is 2. The summed E-state index contributed by atoms with van der Waals surface area (Å²) in [5.41, 5.74) is 1.16. The number of sulfonamides is 1. The normalized spacial score (nSPS) is 12.1. The first-order valence-electron chi connectivity index (χ1n) is 10.3. The van der Waals surface area contributed by atoms with Crippen molar-refractivity contribution in [3.63, 3.8) is 0 Å². The average Bonchev–Trinajstić information content (AvgIpc) is 3.16. The van der Waals surface area contributed by atoms with Gasteiger partial charge in [-0.15, -0.1) is 11.3 Å². The highest BCUT2D eigenvalue weighted by Crippen LogP contribution is 2.37. The van der Waals surface area contributed by atoms with Crippen molar-refractivity contribution < 1.29 is 23.1 Å². The average molecular weight is 490 g/mol. The van der Waals surface area contributed by atoms with E-state index in [4.69, 9.17) is 4.74 Å². The summed E-state index contributed by atoms with van der Waals surface area (Å²) in [5.74, 6) is -0.142. The molecular weight excluding hydrogens is 462 g/mol. The van der Waals surface area contributed by atoms with Crippen molar-refractivity contribution in [1.29, 1.82) is 0 Å². The van der Waals surface area contributed by atoms with Crippen LogP contribution in [0.25, 0.3) is 21.0 Å². The number of amides is 1. The number of carbonyl (C=O) groups excluding carboxylic acids is 1. The van der Waals surface area contributed by atoms with Crippen LogP contribution in [0.4, 0.5) is 10.5 Å². The molecule has 0 aliphatic carbocycles. The molecule has 176 valence electrons. The van der Waals surface area contributed by atoms with Crippen LogP contribution in [0.2, 0.25) is 0 Å². The Morgan fingerprint density at radius 3 is 2.39 bits per heavy atom. The number of hydrogen-bond donors (Lipinski definition) is 3. The summed E-state index contributed by atoms with van der Waals surface area (Å²) >= 11 is 1.32. The van der Waals surface area contributed by atoms with Crippen molar-refractivity contribution in [2.75, 3.05) is 5.32 Å². The van der Waals surface area contributed by atoms with Gasteiger partial charge in [0.05, 0.1) is 15.9 Å². The molecule has 0 atom stereocenters. The fourth-order valence-electron chi connectivity index (χ4n) is 2.98. The fourth-order valence-corrected chi connectivity index (χ4v) is 5.67. The lowest BCUT2D eigenvalue weighted by Gasteiger charge is -2.21. The van der Waals surface area contributed by atoms with Crippen LogP contribution in [0.1, 0.15) is 34.6 Å². The fraction of sp³-hybridized carbons (Fsp3) is 0.304. The number of ether oxygens (including phenoxy) is 1. The second kappa shape index (κ2) is 9.50. The molecule has 3 N–H and O–H groups in total. The minimum absolute atomic E-state index is 0.0177. The molecule has 3 aromatic rings. The Morgan fingerprint density at radius 1 is 1.12 bits per heavy atom. The van der Waals surface area contributed by atoms with Crippen molar-refractivity contribution in [3.8, 4) is 26.8 Å². The van der Waals surface area contributed by atoms with E-state index in [1.165, 1.54) is 23.5 Å². The summed E-state index contributed by atoms with van der Waals surface area (Å²) in [6, 6.07) is 11.3. The number of aromatic hydroxyl groups is 1. The molecule has 1 amide bonds. The van der Waals surface area contributed by atoms with Gasteiger partial charge in [0.25, 0.3) is 0 Å². The van der Waals surface area contributed by atoms with E-state index in [1.54, 1.807) is 59.0 Å². The minimum Gasteiger partial charge on any atom is -0.508 e. The van der Waals surface area contributed by atoms with Gasteiger partial charge in [-0.25, -0.2) is 22.9 Å². The number of aromatic nitrogens is 1. The zero-order valence-corrected chi connectivity index (χ0v) is 20.7. The number of phenols is 1. The SMILES string of the molecule is CC(C)OC(=O)Nc1ccc(-c2ncc(-c3ccc(O)cc3S(=O)(=O)NC(C)(C)C)s2)cc1. The predicted octanol–water partition coefficient (Wildman–Crippen LogP) is 5.22. The molecule has 0 aliphatic heterocycles. The highest BCUT2D eigenvalue weighted by molar-refractivity contribution is 7.89. The van der Waals surface area contributed by atoms with Gasteiger partial charge < -0.3 is 9.84 Å². The molecule has 0 spiro atoms. The quantitative estimate of drug-likeness (QED) is 0.437. The molecule has 0 fully saturated rings. The molecule has 8 nitrogen and oxygen atoms in total. The Hall–Kier alpha value is -2.95. The standard InChI is InChI=1S/C23H27N3O5S2/c1-14(2)31-22(28)25-16-8-6-15(7-9-16)21-24-13-19(32-21)18-11-10-17(27)12-20(18)33(29,30)26-23(3,4)5/h6-14,26-27H,1-5H3,(H,25,28). The topological polar surface area (TPSA) is 118 Å². The number of nitrogens with one attached hydrogen (secondary N) is 2. The maximum Gasteiger partial charge on any atom is 0.411 e. The highest BCUT2D eigenvalue weighted by atomic mass is 32.2. The van der Waals surface area contributed by atoms with E-state index in [0.29, 0.717) is 21.1 Å². The lowest BCUT2D eigenvalue weighted by Crippen LogP contribution is -2.40. The zero-order chi connectivity index (χ0) is 24.4. The van der Waals surface area contributed by atoms with Crippen molar-refractivity contribution in [2.45, 2.75) is 51.2 Å². The number of carbonyl (C=O) groups is 1. The molecule has 1 aromatic heterocycles. The maximum atomic E-state index is 13.0. The number of hydrogen-bond acceptors (Lipinski definition) is 7. The van der Waals surface area contributed by atoms with E-state index in [9.17, 15) is 18.3 Å². The Morgan fingerprint density at radius 2 is 1.79 bits per heavy atom. The van der Waals surface area contributed by atoms with E-state index >= 15 is 0 Å². The molecule has 0 unspecified atom stereocenters. The summed E-state index contributed by atoms with van der Waals surface area (Å²) in [6.07, 6.45) is 0.860. The molecule has 10 heteroatoms. The van der Waals surface area contributed by atoms with Crippen molar-refractivity contribution in [1.82, 2.24) is 9.71 Å². The molecule has 0 saturated heterocycles. The molecule has 33 heavy (non-hydrogen) atoms. The van der Waals surface area contributed by atoms with Gasteiger partial charge in [0.15, 0.2) is 0 Å². The van der Waals surface area contributed by atoms with Crippen LogP contribution in [0, 0.1) is 0 Å². The van der Waals surface area contributed by atoms with E-state index in [2.05, 4.69) is 15.0 Å². The molecule has 0 bridgehead atoms. The zero-order valence-electron chi connectivity index (χ0n) is 19.0. The summed E-state index contributed by atoms with van der Waals surface area (Å²) in [5, 5.41) is 13.3. The lowest BCUT2D eigenvalue weighted by atomic mass is 10.1. The first kappa shape index (κ1) is 24.7.